The van der Waals surface area contributed by atoms with Gasteiger partial charge in [0.05, 0.1) is 5.56 Å². The van der Waals surface area contributed by atoms with Crippen molar-refractivity contribution in [3.8, 4) is 34.5 Å². The normalized spacial score (nSPS) is 10.4. The second kappa shape index (κ2) is 8.46. The minimum Gasteiger partial charge on any atom is -0.489 e. The largest absolute Gasteiger partial charge is 0.489 e. The molecule has 0 atom stereocenters. The van der Waals surface area contributed by atoms with Gasteiger partial charge < -0.3 is 14.6 Å². The molecule has 0 fully saturated rings. The van der Waals surface area contributed by atoms with E-state index < -0.39 is 6.01 Å². The molecule has 1 heterocycles. The van der Waals surface area contributed by atoms with E-state index in [0.717, 1.165) is 0 Å². The van der Waals surface area contributed by atoms with Crippen molar-refractivity contribution < 1.29 is 19.4 Å². The molecule has 1 N–H and O–H groups in total. The Morgan fingerprint density at radius 3 is 2.44 bits per heavy atom. The first-order valence-electron chi connectivity index (χ1n) is 8.09. The molecule has 1 aromatic heterocycles. The van der Waals surface area contributed by atoms with Gasteiger partial charge in [0, 0.05) is 17.5 Å². The van der Waals surface area contributed by atoms with Gasteiger partial charge in [-0.05, 0) is 36.4 Å². The number of rotatable bonds is 6. The third-order valence-corrected chi connectivity index (χ3v) is 3.75. The lowest BCUT2D eigenvalue weighted by Gasteiger charge is -2.11. The molecule has 27 heavy (non-hydrogen) atoms. The summed E-state index contributed by atoms with van der Waals surface area (Å²) in [6.45, 7) is 1.64. The summed E-state index contributed by atoms with van der Waals surface area (Å²) in [5.41, 5.74) is 1.26. The molecule has 3 rings (SSSR count). The van der Waals surface area contributed by atoms with Crippen molar-refractivity contribution >= 4 is 17.6 Å². The summed E-state index contributed by atoms with van der Waals surface area (Å²) < 4.78 is 10.5. The van der Waals surface area contributed by atoms with E-state index in [0.29, 0.717) is 27.7 Å². The molecule has 2 aromatic carbocycles. The third-order valence-electron chi connectivity index (χ3n) is 3.50. The predicted octanol–water partition coefficient (Wildman–Crippen LogP) is 3.51. The maximum Gasteiger partial charge on any atom is 0.318 e. The number of hydrogen-bond donors (Lipinski definition) is 1. The monoisotopic (exact) mass is 385 g/mol. The second-order valence-corrected chi connectivity index (χ2v) is 5.91. The predicted molar refractivity (Wildman–Crippen MR) is 99.5 cm³/mol. The summed E-state index contributed by atoms with van der Waals surface area (Å²) in [5.74, 6) is 0.693. The molecule has 0 aliphatic rings. The van der Waals surface area contributed by atoms with E-state index in [9.17, 15) is 9.90 Å². The molecular formula is C19H16ClN3O4. The zero-order chi connectivity index (χ0) is 19.2. The molecule has 0 spiro atoms. The lowest BCUT2D eigenvalue weighted by atomic mass is 10.1. The number of nitrogens with zero attached hydrogens (tertiary/aromatic N) is 3. The molecular weight excluding hydrogens is 370 g/mol. The fourth-order valence-electron chi connectivity index (χ4n) is 2.33. The fraction of sp³-hybridized carbons (Fsp3) is 0.158. The van der Waals surface area contributed by atoms with Crippen LogP contribution in [0.25, 0.3) is 22.8 Å². The number of esters is 1. The summed E-state index contributed by atoms with van der Waals surface area (Å²) in [6, 6.07) is 13.6. The van der Waals surface area contributed by atoms with Crippen molar-refractivity contribution in [1.82, 2.24) is 15.0 Å². The Kier molecular flexibility index (Phi) is 5.83. The van der Waals surface area contributed by atoms with Crippen LogP contribution in [-0.4, -0.2) is 39.2 Å². The van der Waals surface area contributed by atoms with E-state index in [-0.39, 0.29) is 25.0 Å². The van der Waals surface area contributed by atoms with Gasteiger partial charge in [-0.15, -0.1) is 0 Å². The Morgan fingerprint density at radius 1 is 1.00 bits per heavy atom. The molecule has 3 aromatic rings. The summed E-state index contributed by atoms with van der Waals surface area (Å²) in [5, 5.41) is 10.5. The van der Waals surface area contributed by atoms with Gasteiger partial charge in [0.1, 0.15) is 19.0 Å². The summed E-state index contributed by atoms with van der Waals surface area (Å²) in [4.78, 5) is 23.2. The average Bonchev–Trinajstić information content (AvgIpc) is 2.65. The molecule has 0 aliphatic heterocycles. The van der Waals surface area contributed by atoms with Crippen molar-refractivity contribution in [1.29, 1.82) is 0 Å². The first kappa shape index (κ1) is 18.6. The van der Waals surface area contributed by atoms with Crippen LogP contribution in [-0.2, 0) is 9.53 Å². The summed E-state index contributed by atoms with van der Waals surface area (Å²) >= 11 is 5.91. The van der Waals surface area contributed by atoms with Crippen LogP contribution in [0.5, 0.6) is 11.8 Å². The van der Waals surface area contributed by atoms with Crippen molar-refractivity contribution in [2.75, 3.05) is 13.2 Å². The number of hydrogen-bond acceptors (Lipinski definition) is 7. The smallest absolute Gasteiger partial charge is 0.318 e. The topological polar surface area (TPSA) is 94.4 Å². The van der Waals surface area contributed by atoms with Gasteiger partial charge in [0.25, 0.3) is 0 Å². The molecule has 0 bridgehead atoms. The van der Waals surface area contributed by atoms with Crippen LogP contribution in [0.2, 0.25) is 5.02 Å². The molecule has 8 heteroatoms. The van der Waals surface area contributed by atoms with Gasteiger partial charge in [0.15, 0.2) is 11.6 Å². The zero-order valence-corrected chi connectivity index (χ0v) is 15.2. The van der Waals surface area contributed by atoms with Gasteiger partial charge in [-0.3, -0.25) is 4.79 Å². The molecule has 0 saturated carbocycles. The molecule has 7 nitrogen and oxygen atoms in total. The second-order valence-electron chi connectivity index (χ2n) is 5.47. The van der Waals surface area contributed by atoms with Gasteiger partial charge in [-0.2, -0.15) is 9.97 Å². The molecule has 0 unspecified atom stereocenters. The van der Waals surface area contributed by atoms with E-state index in [1.54, 1.807) is 48.5 Å². The number of ether oxygens (including phenoxy) is 2. The number of benzene rings is 2. The van der Waals surface area contributed by atoms with Crippen LogP contribution in [0.1, 0.15) is 6.92 Å². The van der Waals surface area contributed by atoms with Crippen molar-refractivity contribution in [2.24, 2.45) is 0 Å². The SMILES string of the molecule is CC(=O)OCCOc1ccccc1-c1nc(O)nc(-c2ccc(Cl)cc2)n1. The van der Waals surface area contributed by atoms with E-state index >= 15 is 0 Å². The fourth-order valence-corrected chi connectivity index (χ4v) is 2.45. The Morgan fingerprint density at radius 2 is 1.70 bits per heavy atom. The summed E-state index contributed by atoms with van der Waals surface area (Å²) in [6.07, 6.45) is 0. The highest BCUT2D eigenvalue weighted by Gasteiger charge is 2.14. The van der Waals surface area contributed by atoms with Crippen molar-refractivity contribution in [2.45, 2.75) is 6.92 Å². The lowest BCUT2D eigenvalue weighted by Crippen LogP contribution is -2.10. The quantitative estimate of drug-likeness (QED) is 0.512. The molecule has 0 amide bonds. The molecule has 138 valence electrons. The standard InChI is InChI=1S/C19H16ClN3O4/c1-12(24)26-10-11-27-16-5-3-2-4-15(16)18-21-17(22-19(25)23-18)13-6-8-14(20)9-7-13/h2-9H,10-11H2,1H3,(H,21,22,23,25). The Labute approximate surface area is 160 Å². The third kappa shape index (κ3) is 4.92. The van der Waals surface area contributed by atoms with Gasteiger partial charge >= 0.3 is 12.0 Å². The molecule has 0 saturated heterocycles. The highest BCUT2D eigenvalue weighted by atomic mass is 35.5. The minimum atomic E-state index is -0.403. The van der Waals surface area contributed by atoms with E-state index in [2.05, 4.69) is 15.0 Å². The lowest BCUT2D eigenvalue weighted by molar-refractivity contribution is -0.141. The van der Waals surface area contributed by atoms with Crippen LogP contribution >= 0.6 is 11.6 Å². The highest BCUT2D eigenvalue weighted by Crippen LogP contribution is 2.29. The number of carbonyl (C=O) groups excluding carboxylic acids is 1. The van der Waals surface area contributed by atoms with E-state index in [4.69, 9.17) is 21.1 Å². The number of aromatic nitrogens is 3. The Balaban J connectivity index is 1.90. The maximum absolute atomic E-state index is 10.8. The van der Waals surface area contributed by atoms with E-state index in [1.807, 2.05) is 0 Å². The first-order chi connectivity index (χ1) is 13.0. The van der Waals surface area contributed by atoms with Crippen molar-refractivity contribution in [3.63, 3.8) is 0 Å². The minimum absolute atomic E-state index is 0.127. The summed E-state index contributed by atoms with van der Waals surface area (Å²) in [7, 11) is 0. The van der Waals surface area contributed by atoms with Gasteiger partial charge in [0.2, 0.25) is 0 Å². The number of halogens is 1. The van der Waals surface area contributed by atoms with Crippen LogP contribution in [0.15, 0.2) is 48.5 Å². The van der Waals surface area contributed by atoms with Crippen LogP contribution in [0, 0.1) is 0 Å². The van der Waals surface area contributed by atoms with Crippen LogP contribution in [0.3, 0.4) is 0 Å². The molecule has 0 aliphatic carbocycles. The van der Waals surface area contributed by atoms with Gasteiger partial charge in [-0.1, -0.05) is 23.7 Å². The van der Waals surface area contributed by atoms with Crippen LogP contribution in [0.4, 0.5) is 0 Å². The van der Waals surface area contributed by atoms with E-state index in [1.165, 1.54) is 6.92 Å². The number of carbonyl (C=O) groups is 1. The number of para-hydroxylation sites is 1. The maximum atomic E-state index is 10.8. The van der Waals surface area contributed by atoms with Crippen LogP contribution < -0.4 is 4.74 Å². The number of aromatic hydroxyl groups is 1. The molecule has 0 radical (unpaired) electrons. The Hall–Kier alpha value is -3.19. The van der Waals surface area contributed by atoms with Gasteiger partial charge in [-0.25, -0.2) is 4.98 Å². The Bertz CT molecular complexity index is 948. The highest BCUT2D eigenvalue weighted by molar-refractivity contribution is 6.30. The average molecular weight is 386 g/mol. The zero-order valence-electron chi connectivity index (χ0n) is 14.4. The first-order valence-corrected chi connectivity index (χ1v) is 8.47. The van der Waals surface area contributed by atoms with Crippen molar-refractivity contribution in [3.05, 3.63) is 53.6 Å².